The van der Waals surface area contributed by atoms with Gasteiger partial charge in [0, 0.05) is 17.7 Å². The van der Waals surface area contributed by atoms with Crippen LogP contribution in [0.2, 0.25) is 0 Å². The summed E-state index contributed by atoms with van der Waals surface area (Å²) >= 11 is 0. The Kier molecular flexibility index (Phi) is 8.39. The molecule has 11 nitrogen and oxygen atoms in total. The zero-order valence-electron chi connectivity index (χ0n) is 23.3. The Balaban J connectivity index is 1.23. The lowest BCUT2D eigenvalue weighted by Crippen LogP contribution is -2.39. The maximum absolute atomic E-state index is 12.5. The van der Waals surface area contributed by atoms with E-state index in [0.29, 0.717) is 12.6 Å². The second kappa shape index (κ2) is 11.9. The lowest BCUT2D eigenvalue weighted by molar-refractivity contribution is -0.139. The SMILES string of the molecule is C=P(C)(C)CC[C@H]1OC(n2cc(CC(=O)OC(=O)OCC3c4ccccc4-c4ccccc43)c(=O)[nH]c2=O)[C@H](O)[C@@H]1O. The second-order valence-corrected chi connectivity index (χ2v) is 15.6. The van der Waals surface area contributed by atoms with Crippen molar-refractivity contribution in [1.29, 1.82) is 0 Å². The summed E-state index contributed by atoms with van der Waals surface area (Å²) in [6.07, 6.45) is -0.324. The number of nitrogens with one attached hydrogen (secondary N) is 1. The quantitative estimate of drug-likeness (QED) is 0.202. The molecule has 4 atom stereocenters. The third kappa shape index (κ3) is 6.19. The molecular formula is C30H33N2O9P. The summed E-state index contributed by atoms with van der Waals surface area (Å²) in [4.78, 5) is 52.0. The van der Waals surface area contributed by atoms with Crippen molar-refractivity contribution in [1.82, 2.24) is 9.55 Å². The van der Waals surface area contributed by atoms with Gasteiger partial charge in [0.1, 0.15) is 18.8 Å². The molecule has 2 aliphatic rings. The van der Waals surface area contributed by atoms with Crippen LogP contribution in [-0.4, -0.2) is 82.6 Å². The van der Waals surface area contributed by atoms with Gasteiger partial charge in [-0.1, -0.05) is 48.5 Å². The summed E-state index contributed by atoms with van der Waals surface area (Å²) in [5.74, 6) is -1.31. The third-order valence-electron chi connectivity index (χ3n) is 7.53. The number of carbonyl (C=O) groups is 2. The molecule has 0 spiro atoms. The van der Waals surface area contributed by atoms with Gasteiger partial charge in [0.25, 0.3) is 5.56 Å². The highest BCUT2D eigenvalue weighted by molar-refractivity contribution is 7.72. The number of aromatic nitrogens is 2. The fraction of sp³-hybridized carbons (Fsp3) is 0.367. The van der Waals surface area contributed by atoms with Crippen LogP contribution in [0.5, 0.6) is 0 Å². The van der Waals surface area contributed by atoms with E-state index in [1.165, 1.54) is 0 Å². The molecule has 2 heterocycles. The monoisotopic (exact) mass is 596 g/mol. The fourth-order valence-corrected chi connectivity index (χ4v) is 6.37. The van der Waals surface area contributed by atoms with Gasteiger partial charge in [0.2, 0.25) is 0 Å². The molecule has 12 heteroatoms. The highest BCUT2D eigenvalue weighted by atomic mass is 31.2. The Bertz CT molecular complexity index is 1630. The number of benzene rings is 2. The van der Waals surface area contributed by atoms with Crippen molar-refractivity contribution in [3.8, 4) is 11.1 Å². The van der Waals surface area contributed by atoms with Crippen molar-refractivity contribution in [3.05, 3.63) is 92.3 Å². The first-order valence-electron chi connectivity index (χ1n) is 13.5. The van der Waals surface area contributed by atoms with Gasteiger partial charge in [0.15, 0.2) is 6.23 Å². The van der Waals surface area contributed by atoms with Crippen LogP contribution >= 0.6 is 6.89 Å². The molecule has 5 rings (SSSR count). The number of aromatic amines is 1. The van der Waals surface area contributed by atoms with Crippen molar-refractivity contribution < 1.29 is 34.0 Å². The van der Waals surface area contributed by atoms with E-state index in [1.807, 2.05) is 61.9 Å². The average molecular weight is 597 g/mol. The predicted octanol–water partition coefficient (Wildman–Crippen LogP) is 2.29. The number of esters is 1. The molecule has 1 aromatic heterocycles. The Morgan fingerprint density at radius 2 is 1.64 bits per heavy atom. The van der Waals surface area contributed by atoms with Gasteiger partial charge >= 0.3 is 17.8 Å². The number of nitrogens with zero attached hydrogens (tertiary/aromatic N) is 1. The molecule has 1 fully saturated rings. The van der Waals surface area contributed by atoms with Gasteiger partial charge in [-0.25, -0.2) is 9.59 Å². The minimum Gasteiger partial charge on any atom is -0.433 e. The van der Waals surface area contributed by atoms with Crippen LogP contribution < -0.4 is 11.2 Å². The maximum atomic E-state index is 12.5. The first-order chi connectivity index (χ1) is 19.9. The van der Waals surface area contributed by atoms with Crippen LogP contribution in [0, 0.1) is 0 Å². The van der Waals surface area contributed by atoms with Gasteiger partial charge in [-0.05, 0) is 48.2 Å². The number of fused-ring (bicyclic) bond motifs is 3. The number of hydrogen-bond donors (Lipinski definition) is 3. The Hall–Kier alpha value is -3.76. The first kappa shape index (κ1) is 29.7. The van der Waals surface area contributed by atoms with Crippen LogP contribution in [0.15, 0.2) is 64.3 Å². The van der Waals surface area contributed by atoms with Gasteiger partial charge in [0.05, 0.1) is 12.5 Å². The summed E-state index contributed by atoms with van der Waals surface area (Å²) in [5.41, 5.74) is 2.11. The number of rotatable bonds is 8. The molecule has 1 aliphatic heterocycles. The zero-order valence-corrected chi connectivity index (χ0v) is 24.2. The standard InChI is InChI=1S/C30H33N2O9P/c1-42(2,3)13-12-23-25(34)26(35)28(40-23)32-15-17(27(36)31-29(32)37)14-24(33)41-30(38)39-16-22-20-10-6-4-8-18(20)19-9-5-7-11-21(19)22/h4-11,15,22-23,25-26,28,34-35H,1,12-14,16H2,2-3H3,(H,31,36,37)/t23-,25-,26-,28?/m1/s1. The average Bonchev–Trinajstić information content (AvgIpc) is 3.41. The molecular weight excluding hydrogens is 563 g/mol. The number of ether oxygens (including phenoxy) is 3. The number of hydrogen-bond acceptors (Lipinski definition) is 9. The third-order valence-corrected chi connectivity index (χ3v) is 9.00. The van der Waals surface area contributed by atoms with Gasteiger partial charge in [-0.15, -0.1) is 13.2 Å². The normalized spacial score (nSPS) is 21.5. The van der Waals surface area contributed by atoms with Crippen molar-refractivity contribution in [3.63, 3.8) is 0 Å². The minimum absolute atomic E-state index is 0.0563. The zero-order chi connectivity index (χ0) is 30.2. The number of carbonyl (C=O) groups excluding carboxylic acids is 2. The summed E-state index contributed by atoms with van der Waals surface area (Å²) < 4.78 is 16.8. The van der Waals surface area contributed by atoms with Crippen LogP contribution in [0.25, 0.3) is 11.1 Å². The highest BCUT2D eigenvalue weighted by Crippen LogP contribution is 2.44. The smallest absolute Gasteiger partial charge is 0.433 e. The molecule has 42 heavy (non-hydrogen) atoms. The Morgan fingerprint density at radius 1 is 1.02 bits per heavy atom. The summed E-state index contributed by atoms with van der Waals surface area (Å²) in [6, 6.07) is 15.6. The van der Waals surface area contributed by atoms with Crippen LogP contribution in [0.3, 0.4) is 0 Å². The first-order valence-corrected chi connectivity index (χ1v) is 16.6. The molecule has 0 radical (unpaired) electrons. The van der Waals surface area contributed by atoms with Crippen molar-refractivity contribution in [2.75, 3.05) is 26.1 Å². The van der Waals surface area contributed by atoms with E-state index >= 15 is 0 Å². The van der Waals surface area contributed by atoms with Crippen LogP contribution in [0.1, 0.15) is 35.3 Å². The van der Waals surface area contributed by atoms with E-state index < -0.39 is 61.2 Å². The van der Waals surface area contributed by atoms with E-state index in [9.17, 15) is 29.4 Å². The molecule has 1 saturated heterocycles. The highest BCUT2D eigenvalue weighted by Gasteiger charge is 2.44. The molecule has 0 saturated carbocycles. The molecule has 3 N–H and O–H groups in total. The van der Waals surface area contributed by atoms with Crippen molar-refractivity contribution >= 4 is 25.3 Å². The van der Waals surface area contributed by atoms with Crippen LogP contribution in [0.4, 0.5) is 4.79 Å². The molecule has 1 aliphatic carbocycles. The molecule has 222 valence electrons. The van der Waals surface area contributed by atoms with E-state index in [-0.39, 0.29) is 18.1 Å². The van der Waals surface area contributed by atoms with E-state index in [2.05, 4.69) is 11.3 Å². The van der Waals surface area contributed by atoms with Gasteiger partial charge in [-0.3, -0.25) is 19.1 Å². The van der Waals surface area contributed by atoms with Crippen LogP contribution in [-0.2, 0) is 25.4 Å². The Labute approximate surface area is 241 Å². The predicted molar refractivity (Wildman–Crippen MR) is 157 cm³/mol. The Morgan fingerprint density at radius 3 is 2.26 bits per heavy atom. The molecule has 2 aromatic carbocycles. The van der Waals surface area contributed by atoms with Crippen molar-refractivity contribution in [2.45, 2.75) is 43.3 Å². The van der Waals surface area contributed by atoms with E-state index in [1.54, 1.807) is 0 Å². The maximum Gasteiger partial charge on any atom is 0.516 e. The van der Waals surface area contributed by atoms with E-state index in [0.717, 1.165) is 33.0 Å². The van der Waals surface area contributed by atoms with Gasteiger partial charge < -0.3 is 24.4 Å². The number of aliphatic hydroxyl groups excluding tert-OH is 2. The number of aliphatic hydroxyl groups is 2. The molecule has 0 amide bonds. The van der Waals surface area contributed by atoms with Gasteiger partial charge in [-0.2, -0.15) is 0 Å². The lowest BCUT2D eigenvalue weighted by atomic mass is 9.98. The summed E-state index contributed by atoms with van der Waals surface area (Å²) in [6.45, 7) is 2.58. The topological polar surface area (TPSA) is 157 Å². The van der Waals surface area contributed by atoms with Crippen molar-refractivity contribution in [2.24, 2.45) is 0 Å². The molecule has 3 aromatic rings. The molecule has 1 unspecified atom stereocenters. The van der Waals surface area contributed by atoms with E-state index in [4.69, 9.17) is 14.2 Å². The lowest BCUT2D eigenvalue weighted by Gasteiger charge is -2.19. The minimum atomic E-state index is -1.45. The second-order valence-electron chi connectivity index (χ2n) is 11.3. The molecule has 0 bridgehead atoms. The fourth-order valence-electron chi connectivity index (χ4n) is 5.42. The largest absolute Gasteiger partial charge is 0.516 e. The summed E-state index contributed by atoms with van der Waals surface area (Å²) in [5, 5.41) is 21.1. The number of H-pyrrole nitrogens is 1. The summed E-state index contributed by atoms with van der Waals surface area (Å²) in [7, 11) is 0.